The van der Waals surface area contributed by atoms with Crippen LogP contribution >= 0.6 is 0 Å². The Morgan fingerprint density at radius 2 is 1.95 bits per heavy atom. The van der Waals surface area contributed by atoms with Crippen LogP contribution in [0.1, 0.15) is 15.9 Å². The van der Waals surface area contributed by atoms with Gasteiger partial charge < -0.3 is 10.1 Å². The Balaban J connectivity index is 1.59. The van der Waals surface area contributed by atoms with Gasteiger partial charge in [-0.15, -0.1) is 0 Å². The van der Waals surface area contributed by atoms with E-state index in [1.54, 1.807) is 12.1 Å². The molecule has 1 unspecified atom stereocenters. The Morgan fingerprint density at radius 1 is 1.20 bits per heavy atom. The molecule has 1 amide bonds. The number of para-hydroxylation sites is 1. The summed E-state index contributed by atoms with van der Waals surface area (Å²) in [5.74, 6) is -0.0686. The Labute approximate surface area is 116 Å². The van der Waals surface area contributed by atoms with Crippen LogP contribution in [0.4, 0.5) is 4.39 Å². The topological polar surface area (TPSA) is 38.3 Å². The van der Waals surface area contributed by atoms with Crippen LogP contribution in [0.25, 0.3) is 0 Å². The number of amides is 1. The molecule has 0 saturated heterocycles. The molecule has 0 aromatic heterocycles. The number of hydrogen-bond acceptors (Lipinski definition) is 2. The highest BCUT2D eigenvalue weighted by atomic mass is 19.1. The summed E-state index contributed by atoms with van der Waals surface area (Å²) >= 11 is 0. The summed E-state index contributed by atoms with van der Waals surface area (Å²) in [7, 11) is 0. The minimum absolute atomic E-state index is 0.0583. The van der Waals surface area contributed by atoms with E-state index in [0.717, 1.165) is 17.7 Å². The van der Waals surface area contributed by atoms with Gasteiger partial charge in [0.1, 0.15) is 17.7 Å². The van der Waals surface area contributed by atoms with Gasteiger partial charge in [0.25, 0.3) is 5.91 Å². The number of halogens is 1. The molecule has 4 heteroatoms. The number of benzene rings is 2. The van der Waals surface area contributed by atoms with Crippen molar-refractivity contribution in [1.82, 2.24) is 5.32 Å². The van der Waals surface area contributed by atoms with Gasteiger partial charge >= 0.3 is 0 Å². The summed E-state index contributed by atoms with van der Waals surface area (Å²) < 4.78 is 19.2. The van der Waals surface area contributed by atoms with Gasteiger partial charge in [-0.05, 0) is 23.8 Å². The lowest BCUT2D eigenvalue weighted by molar-refractivity contribution is 0.0929. The van der Waals surface area contributed by atoms with Crippen LogP contribution in [-0.4, -0.2) is 18.6 Å². The normalized spacial score (nSPS) is 16.4. The van der Waals surface area contributed by atoms with Crippen molar-refractivity contribution in [3.05, 3.63) is 65.5 Å². The van der Waals surface area contributed by atoms with Gasteiger partial charge in [-0.25, -0.2) is 4.39 Å². The molecule has 1 N–H and O–H groups in total. The fraction of sp³-hybridized carbons (Fsp3) is 0.188. The van der Waals surface area contributed by atoms with E-state index < -0.39 is 11.7 Å². The number of rotatable bonds is 3. The highest BCUT2D eigenvalue weighted by Gasteiger charge is 2.23. The summed E-state index contributed by atoms with van der Waals surface area (Å²) in [5, 5.41) is 2.71. The van der Waals surface area contributed by atoms with E-state index in [1.807, 2.05) is 24.3 Å². The molecule has 0 fully saturated rings. The highest BCUT2D eigenvalue weighted by Crippen LogP contribution is 2.27. The first kappa shape index (κ1) is 12.7. The Hall–Kier alpha value is -2.36. The largest absolute Gasteiger partial charge is 0.488 e. The molecular weight excluding hydrogens is 257 g/mol. The number of carbonyl (C=O) groups is 1. The van der Waals surface area contributed by atoms with Crippen molar-refractivity contribution in [2.75, 3.05) is 6.54 Å². The second-order valence-corrected chi connectivity index (χ2v) is 4.74. The van der Waals surface area contributed by atoms with Gasteiger partial charge in [0, 0.05) is 6.42 Å². The maximum atomic E-state index is 13.5. The van der Waals surface area contributed by atoms with Gasteiger partial charge in [-0.1, -0.05) is 30.3 Å². The van der Waals surface area contributed by atoms with Gasteiger partial charge in [0.05, 0.1) is 12.1 Å². The van der Waals surface area contributed by atoms with E-state index >= 15 is 0 Å². The zero-order valence-electron chi connectivity index (χ0n) is 10.8. The Bertz CT molecular complexity index is 617. The first-order valence-corrected chi connectivity index (χ1v) is 6.51. The SMILES string of the molecule is O=C(NCC1Cc2ccccc2O1)c1ccccc1F. The van der Waals surface area contributed by atoms with Crippen LogP contribution in [0.2, 0.25) is 0 Å². The third kappa shape index (κ3) is 2.50. The van der Waals surface area contributed by atoms with Crippen LogP contribution < -0.4 is 10.1 Å². The second-order valence-electron chi connectivity index (χ2n) is 4.74. The monoisotopic (exact) mass is 271 g/mol. The molecule has 3 rings (SSSR count). The van der Waals surface area contributed by atoms with Crippen LogP contribution in [0.3, 0.4) is 0 Å². The van der Waals surface area contributed by atoms with E-state index in [9.17, 15) is 9.18 Å². The summed E-state index contributed by atoms with van der Waals surface area (Å²) in [6.07, 6.45) is 0.663. The minimum Gasteiger partial charge on any atom is -0.488 e. The number of nitrogens with one attached hydrogen (secondary N) is 1. The molecule has 2 aromatic carbocycles. The molecular formula is C16H14FNO2. The molecule has 0 bridgehead atoms. The predicted molar refractivity (Wildman–Crippen MR) is 73.3 cm³/mol. The molecule has 0 spiro atoms. The van der Waals surface area contributed by atoms with Crippen molar-refractivity contribution >= 4 is 5.91 Å². The smallest absolute Gasteiger partial charge is 0.254 e. The molecule has 20 heavy (non-hydrogen) atoms. The molecule has 0 saturated carbocycles. The van der Waals surface area contributed by atoms with Crippen molar-refractivity contribution in [3.63, 3.8) is 0 Å². The van der Waals surface area contributed by atoms with Crippen LogP contribution in [-0.2, 0) is 6.42 Å². The lowest BCUT2D eigenvalue weighted by Crippen LogP contribution is -2.34. The van der Waals surface area contributed by atoms with Gasteiger partial charge in [0.15, 0.2) is 0 Å². The van der Waals surface area contributed by atoms with E-state index in [0.29, 0.717) is 6.54 Å². The third-order valence-electron chi connectivity index (χ3n) is 3.32. The van der Waals surface area contributed by atoms with Gasteiger partial charge in [-0.3, -0.25) is 4.79 Å². The molecule has 1 aliphatic heterocycles. The molecule has 0 radical (unpaired) electrons. The fourth-order valence-corrected chi connectivity index (χ4v) is 2.31. The Morgan fingerprint density at radius 3 is 2.75 bits per heavy atom. The highest BCUT2D eigenvalue weighted by molar-refractivity contribution is 5.94. The summed E-state index contributed by atoms with van der Waals surface area (Å²) in [4.78, 5) is 11.9. The lowest BCUT2D eigenvalue weighted by atomic mass is 10.1. The second kappa shape index (κ2) is 5.33. The van der Waals surface area contributed by atoms with Crippen LogP contribution in [0.5, 0.6) is 5.75 Å². The zero-order valence-corrected chi connectivity index (χ0v) is 10.8. The van der Waals surface area contributed by atoms with Crippen molar-refractivity contribution in [1.29, 1.82) is 0 Å². The van der Waals surface area contributed by atoms with Crippen LogP contribution in [0, 0.1) is 5.82 Å². The van der Waals surface area contributed by atoms with Gasteiger partial charge in [-0.2, -0.15) is 0 Å². The summed E-state index contributed by atoms with van der Waals surface area (Å²) in [6, 6.07) is 13.7. The molecule has 1 atom stereocenters. The van der Waals surface area contributed by atoms with E-state index in [2.05, 4.69) is 5.32 Å². The van der Waals surface area contributed by atoms with Crippen molar-refractivity contribution in [2.24, 2.45) is 0 Å². The molecule has 0 aliphatic carbocycles. The predicted octanol–water partition coefficient (Wildman–Crippen LogP) is 2.56. The van der Waals surface area contributed by atoms with E-state index in [-0.39, 0.29) is 11.7 Å². The van der Waals surface area contributed by atoms with Crippen molar-refractivity contribution in [2.45, 2.75) is 12.5 Å². The van der Waals surface area contributed by atoms with Crippen LogP contribution in [0.15, 0.2) is 48.5 Å². The first-order chi connectivity index (χ1) is 9.74. The number of fused-ring (bicyclic) bond motifs is 1. The van der Waals surface area contributed by atoms with Gasteiger partial charge in [0.2, 0.25) is 0 Å². The number of hydrogen-bond donors (Lipinski definition) is 1. The average molecular weight is 271 g/mol. The zero-order chi connectivity index (χ0) is 13.9. The average Bonchev–Trinajstić information content (AvgIpc) is 2.88. The number of carbonyl (C=O) groups excluding carboxylic acids is 1. The third-order valence-corrected chi connectivity index (χ3v) is 3.32. The standard InChI is InChI=1S/C16H14FNO2/c17-14-7-3-2-6-13(14)16(19)18-10-12-9-11-5-1-4-8-15(11)20-12/h1-8,12H,9-10H2,(H,18,19). The maximum absolute atomic E-state index is 13.5. The lowest BCUT2D eigenvalue weighted by Gasteiger charge is -2.12. The van der Waals surface area contributed by atoms with Crippen molar-refractivity contribution < 1.29 is 13.9 Å². The quantitative estimate of drug-likeness (QED) is 0.931. The maximum Gasteiger partial charge on any atom is 0.254 e. The number of ether oxygens (including phenoxy) is 1. The first-order valence-electron chi connectivity index (χ1n) is 6.51. The minimum atomic E-state index is -0.513. The van der Waals surface area contributed by atoms with E-state index in [4.69, 9.17) is 4.74 Å². The molecule has 102 valence electrons. The summed E-state index contributed by atoms with van der Waals surface area (Å²) in [5.41, 5.74) is 1.20. The Kier molecular flexibility index (Phi) is 3.37. The molecule has 3 nitrogen and oxygen atoms in total. The fourth-order valence-electron chi connectivity index (χ4n) is 2.31. The summed E-state index contributed by atoms with van der Waals surface area (Å²) in [6.45, 7) is 0.363. The molecule has 1 heterocycles. The van der Waals surface area contributed by atoms with E-state index in [1.165, 1.54) is 12.1 Å². The van der Waals surface area contributed by atoms with Crippen molar-refractivity contribution in [3.8, 4) is 5.75 Å². The molecule has 2 aromatic rings. The molecule has 1 aliphatic rings.